The minimum atomic E-state index is -0.972. The number of carbonyl (C=O) groups is 1. The molecule has 6 heteroatoms. The van der Waals surface area contributed by atoms with Gasteiger partial charge in [-0.2, -0.15) is 0 Å². The van der Waals surface area contributed by atoms with Crippen LogP contribution in [0.2, 0.25) is 5.02 Å². The zero-order valence-electron chi connectivity index (χ0n) is 11.6. The highest BCUT2D eigenvalue weighted by Gasteiger charge is 2.11. The first-order valence-electron chi connectivity index (χ1n) is 6.68. The van der Waals surface area contributed by atoms with Crippen LogP contribution in [0, 0.1) is 5.82 Å². The van der Waals surface area contributed by atoms with E-state index >= 15 is 0 Å². The monoisotopic (exact) mass is 323 g/mol. The molecule has 0 saturated carbocycles. The second-order valence-electron chi connectivity index (χ2n) is 4.79. The molecule has 0 saturated heterocycles. The van der Waals surface area contributed by atoms with Crippen LogP contribution in [0.15, 0.2) is 36.4 Å². The van der Waals surface area contributed by atoms with E-state index in [1.54, 1.807) is 12.1 Å². The lowest BCUT2D eigenvalue weighted by atomic mass is 10.1. The van der Waals surface area contributed by atoms with Crippen molar-refractivity contribution >= 4 is 17.6 Å². The van der Waals surface area contributed by atoms with Gasteiger partial charge in [-0.1, -0.05) is 23.7 Å². The van der Waals surface area contributed by atoms with Crippen LogP contribution in [0.3, 0.4) is 0 Å². The van der Waals surface area contributed by atoms with Crippen LogP contribution in [0.1, 0.15) is 21.5 Å². The Labute approximate surface area is 132 Å². The van der Waals surface area contributed by atoms with Crippen molar-refractivity contribution in [3.8, 4) is 5.75 Å². The van der Waals surface area contributed by atoms with E-state index in [9.17, 15) is 14.3 Å². The molecule has 0 aliphatic heterocycles. The van der Waals surface area contributed by atoms with Crippen molar-refractivity contribution in [2.24, 2.45) is 0 Å². The van der Waals surface area contributed by atoms with Crippen LogP contribution >= 0.6 is 11.6 Å². The van der Waals surface area contributed by atoms with Crippen molar-refractivity contribution < 1.29 is 19.4 Å². The van der Waals surface area contributed by atoms with Crippen LogP contribution in [-0.2, 0) is 13.0 Å². The van der Waals surface area contributed by atoms with Crippen molar-refractivity contribution in [2.75, 3.05) is 6.54 Å². The molecule has 0 radical (unpaired) electrons. The third kappa shape index (κ3) is 3.96. The summed E-state index contributed by atoms with van der Waals surface area (Å²) in [5.41, 5.74) is 1.21. The second-order valence-corrected chi connectivity index (χ2v) is 5.20. The molecule has 0 atom stereocenters. The van der Waals surface area contributed by atoms with Crippen molar-refractivity contribution in [1.29, 1.82) is 0 Å². The van der Waals surface area contributed by atoms with Crippen molar-refractivity contribution in [1.82, 2.24) is 5.32 Å². The summed E-state index contributed by atoms with van der Waals surface area (Å²) < 4.78 is 13.8. The molecule has 0 heterocycles. The van der Waals surface area contributed by atoms with Gasteiger partial charge in [0.15, 0.2) is 0 Å². The van der Waals surface area contributed by atoms with E-state index in [0.29, 0.717) is 13.0 Å². The van der Waals surface area contributed by atoms with Crippen molar-refractivity contribution in [3.63, 3.8) is 0 Å². The zero-order valence-corrected chi connectivity index (χ0v) is 12.4. The van der Waals surface area contributed by atoms with Gasteiger partial charge in [-0.25, -0.2) is 9.18 Å². The summed E-state index contributed by atoms with van der Waals surface area (Å²) in [5, 5.41) is 21.5. The molecule has 0 spiro atoms. The molecule has 2 aromatic carbocycles. The first kappa shape index (κ1) is 16.3. The van der Waals surface area contributed by atoms with E-state index in [1.165, 1.54) is 18.2 Å². The Kier molecular flexibility index (Phi) is 5.35. The number of carboxylic acids is 1. The normalized spacial score (nSPS) is 10.6. The number of aromatic carboxylic acids is 1. The number of rotatable bonds is 6. The molecular formula is C16H15ClFNO3. The maximum atomic E-state index is 13.8. The predicted octanol–water partition coefficient (Wildman–Crippen LogP) is 3.22. The molecule has 0 aromatic heterocycles. The maximum Gasteiger partial charge on any atom is 0.335 e. The number of nitrogens with one attached hydrogen (secondary N) is 1. The van der Waals surface area contributed by atoms with E-state index in [2.05, 4.69) is 5.32 Å². The van der Waals surface area contributed by atoms with E-state index in [1.807, 2.05) is 6.07 Å². The summed E-state index contributed by atoms with van der Waals surface area (Å²) >= 11 is 5.67. The highest BCUT2D eigenvalue weighted by Crippen LogP contribution is 2.26. The molecule has 0 bridgehead atoms. The minimum absolute atomic E-state index is 0.0382. The topological polar surface area (TPSA) is 69.6 Å². The quantitative estimate of drug-likeness (QED) is 0.714. The average molecular weight is 324 g/mol. The van der Waals surface area contributed by atoms with Gasteiger partial charge >= 0.3 is 5.97 Å². The molecule has 2 aromatic rings. The Morgan fingerprint density at radius 3 is 2.77 bits per heavy atom. The van der Waals surface area contributed by atoms with Gasteiger partial charge in [0.05, 0.1) is 10.6 Å². The van der Waals surface area contributed by atoms with Gasteiger partial charge < -0.3 is 15.5 Å². The molecule has 2 rings (SSSR count). The summed E-state index contributed by atoms with van der Waals surface area (Å²) in [7, 11) is 0. The lowest BCUT2D eigenvalue weighted by Gasteiger charge is -2.09. The maximum absolute atomic E-state index is 13.8. The van der Waals surface area contributed by atoms with Gasteiger partial charge in [0.25, 0.3) is 0 Å². The zero-order chi connectivity index (χ0) is 16.1. The number of aromatic hydroxyl groups is 1. The van der Waals surface area contributed by atoms with Gasteiger partial charge in [0.2, 0.25) is 0 Å². The van der Waals surface area contributed by atoms with Gasteiger partial charge in [0.1, 0.15) is 11.6 Å². The standard InChI is InChI=1S/C16H15ClFNO3/c17-13-4-5-14(20)12(15(13)18)9-19-7-6-10-2-1-3-11(8-10)16(21)22/h1-5,8,19-20H,6-7,9H2,(H,21,22). The molecule has 0 aliphatic carbocycles. The number of hydrogen-bond acceptors (Lipinski definition) is 3. The molecule has 22 heavy (non-hydrogen) atoms. The van der Waals surface area contributed by atoms with E-state index in [4.69, 9.17) is 16.7 Å². The van der Waals surface area contributed by atoms with Crippen molar-refractivity contribution in [3.05, 3.63) is 63.9 Å². The molecule has 4 nitrogen and oxygen atoms in total. The van der Waals surface area contributed by atoms with Gasteiger partial charge in [-0.15, -0.1) is 0 Å². The van der Waals surface area contributed by atoms with E-state index < -0.39 is 11.8 Å². The summed E-state index contributed by atoms with van der Waals surface area (Å²) in [6, 6.07) is 9.28. The summed E-state index contributed by atoms with van der Waals surface area (Å²) in [5.74, 6) is -1.76. The summed E-state index contributed by atoms with van der Waals surface area (Å²) in [4.78, 5) is 10.9. The van der Waals surface area contributed by atoms with Crippen LogP contribution in [-0.4, -0.2) is 22.7 Å². The largest absolute Gasteiger partial charge is 0.508 e. The van der Waals surface area contributed by atoms with Crippen LogP contribution in [0.4, 0.5) is 4.39 Å². The van der Waals surface area contributed by atoms with Crippen LogP contribution in [0.25, 0.3) is 0 Å². The molecule has 3 N–H and O–H groups in total. The van der Waals surface area contributed by atoms with Gasteiger partial charge in [0, 0.05) is 12.1 Å². The van der Waals surface area contributed by atoms with Crippen molar-refractivity contribution in [2.45, 2.75) is 13.0 Å². The highest BCUT2D eigenvalue weighted by molar-refractivity contribution is 6.30. The number of carboxylic acid groups (broad SMARTS) is 1. The third-order valence-electron chi connectivity index (χ3n) is 3.24. The predicted molar refractivity (Wildman–Crippen MR) is 81.9 cm³/mol. The second kappa shape index (κ2) is 7.24. The third-order valence-corrected chi connectivity index (χ3v) is 3.53. The first-order valence-corrected chi connectivity index (χ1v) is 7.05. The average Bonchev–Trinajstić information content (AvgIpc) is 2.50. The molecular weight excluding hydrogens is 309 g/mol. The van der Waals surface area contributed by atoms with Crippen LogP contribution in [0.5, 0.6) is 5.75 Å². The fourth-order valence-corrected chi connectivity index (χ4v) is 2.23. The number of benzene rings is 2. The van der Waals surface area contributed by atoms with Crippen LogP contribution < -0.4 is 5.32 Å². The number of phenols is 1. The highest BCUT2D eigenvalue weighted by atomic mass is 35.5. The SMILES string of the molecule is O=C(O)c1cccc(CCNCc2c(O)ccc(Cl)c2F)c1. The number of phenolic OH excluding ortho intramolecular Hbond substituents is 1. The fourth-order valence-electron chi connectivity index (χ4n) is 2.06. The minimum Gasteiger partial charge on any atom is -0.508 e. The lowest BCUT2D eigenvalue weighted by molar-refractivity contribution is 0.0696. The van der Waals surface area contributed by atoms with Gasteiger partial charge in [-0.05, 0) is 42.8 Å². The Hall–Kier alpha value is -2.11. The fraction of sp³-hybridized carbons (Fsp3) is 0.188. The van der Waals surface area contributed by atoms with E-state index in [0.717, 1.165) is 5.56 Å². The summed E-state index contributed by atoms with van der Waals surface area (Å²) in [6.07, 6.45) is 0.587. The molecule has 0 amide bonds. The van der Waals surface area contributed by atoms with Gasteiger partial charge in [-0.3, -0.25) is 0 Å². The summed E-state index contributed by atoms with van der Waals surface area (Å²) in [6.45, 7) is 0.644. The first-order chi connectivity index (χ1) is 10.5. The Bertz CT molecular complexity index is 691. The molecule has 0 fully saturated rings. The lowest BCUT2D eigenvalue weighted by Crippen LogP contribution is -2.18. The Morgan fingerprint density at radius 2 is 2.05 bits per heavy atom. The molecule has 116 valence electrons. The smallest absolute Gasteiger partial charge is 0.335 e. The Balaban J connectivity index is 1.91. The van der Waals surface area contributed by atoms with E-state index in [-0.39, 0.29) is 28.4 Å². The number of halogens is 2. The Morgan fingerprint density at radius 1 is 1.27 bits per heavy atom. The molecule has 0 unspecified atom stereocenters. The number of hydrogen-bond donors (Lipinski definition) is 3. The molecule has 0 aliphatic rings.